The minimum Gasteiger partial charge on any atom is -0.314 e. The molecule has 2 aliphatic rings. The van der Waals surface area contributed by atoms with Gasteiger partial charge in [0, 0.05) is 18.6 Å². The van der Waals surface area contributed by atoms with Crippen molar-refractivity contribution in [2.45, 2.75) is 77.3 Å². The van der Waals surface area contributed by atoms with E-state index in [9.17, 15) is 0 Å². The average molecular weight is 252 g/mol. The van der Waals surface area contributed by atoms with Crippen molar-refractivity contribution in [1.82, 2.24) is 10.2 Å². The molecule has 0 amide bonds. The lowest BCUT2D eigenvalue weighted by atomic mass is 10.1. The zero-order valence-corrected chi connectivity index (χ0v) is 12.5. The first-order chi connectivity index (χ1) is 8.79. The maximum Gasteiger partial charge on any atom is 0.00965 e. The predicted molar refractivity (Wildman–Crippen MR) is 78.9 cm³/mol. The number of rotatable bonds is 9. The minimum atomic E-state index is 0.719. The second-order valence-corrected chi connectivity index (χ2v) is 6.54. The van der Waals surface area contributed by atoms with Gasteiger partial charge in [-0.3, -0.25) is 0 Å². The van der Waals surface area contributed by atoms with Crippen molar-refractivity contribution >= 4 is 0 Å². The molecule has 2 nitrogen and oxygen atoms in total. The Hall–Kier alpha value is -0.0800. The number of unbranched alkanes of at least 4 members (excludes halogenated alkanes) is 3. The molecular formula is C16H32N2. The second kappa shape index (κ2) is 7.49. The van der Waals surface area contributed by atoms with Gasteiger partial charge in [0.1, 0.15) is 0 Å². The van der Waals surface area contributed by atoms with Crippen LogP contribution < -0.4 is 5.32 Å². The normalized spacial score (nSPS) is 26.7. The summed E-state index contributed by atoms with van der Waals surface area (Å²) in [5, 5.41) is 3.75. The van der Waals surface area contributed by atoms with Crippen LogP contribution in [0, 0.1) is 5.92 Å². The van der Waals surface area contributed by atoms with Crippen molar-refractivity contribution in [3.63, 3.8) is 0 Å². The van der Waals surface area contributed by atoms with Crippen molar-refractivity contribution in [2.75, 3.05) is 19.6 Å². The SMILES string of the molecule is CCCCCCC(C)NCC1CCN(C2CC2)C1. The Morgan fingerprint density at radius 2 is 2.00 bits per heavy atom. The van der Waals surface area contributed by atoms with Crippen molar-refractivity contribution in [1.29, 1.82) is 0 Å². The third-order valence-corrected chi connectivity index (χ3v) is 4.63. The van der Waals surface area contributed by atoms with Gasteiger partial charge in [-0.25, -0.2) is 0 Å². The first-order valence-electron chi connectivity index (χ1n) is 8.27. The first-order valence-corrected chi connectivity index (χ1v) is 8.27. The van der Waals surface area contributed by atoms with Crippen molar-refractivity contribution in [3.8, 4) is 0 Å². The molecule has 0 bridgehead atoms. The van der Waals surface area contributed by atoms with Gasteiger partial charge in [-0.15, -0.1) is 0 Å². The van der Waals surface area contributed by atoms with Gasteiger partial charge in [0.2, 0.25) is 0 Å². The van der Waals surface area contributed by atoms with Crippen LogP contribution in [0.1, 0.15) is 65.2 Å². The van der Waals surface area contributed by atoms with Crippen LogP contribution >= 0.6 is 0 Å². The van der Waals surface area contributed by atoms with Crippen molar-refractivity contribution in [3.05, 3.63) is 0 Å². The molecule has 0 radical (unpaired) electrons. The van der Waals surface area contributed by atoms with Crippen LogP contribution in [0.4, 0.5) is 0 Å². The van der Waals surface area contributed by atoms with E-state index in [1.807, 2.05) is 0 Å². The summed E-state index contributed by atoms with van der Waals surface area (Å²) < 4.78 is 0. The van der Waals surface area contributed by atoms with Gasteiger partial charge in [0.25, 0.3) is 0 Å². The number of nitrogens with zero attached hydrogens (tertiary/aromatic N) is 1. The predicted octanol–water partition coefficient (Wildman–Crippen LogP) is 3.42. The molecule has 1 saturated carbocycles. The van der Waals surface area contributed by atoms with Gasteiger partial charge in [0.05, 0.1) is 0 Å². The fourth-order valence-electron chi connectivity index (χ4n) is 3.15. The van der Waals surface area contributed by atoms with E-state index >= 15 is 0 Å². The van der Waals surface area contributed by atoms with E-state index in [0.29, 0.717) is 0 Å². The van der Waals surface area contributed by atoms with Gasteiger partial charge < -0.3 is 10.2 Å². The Morgan fingerprint density at radius 1 is 1.17 bits per heavy atom. The summed E-state index contributed by atoms with van der Waals surface area (Å²) in [6.45, 7) is 8.62. The molecular weight excluding hydrogens is 220 g/mol. The summed E-state index contributed by atoms with van der Waals surface area (Å²) in [7, 11) is 0. The third kappa shape index (κ3) is 4.89. The van der Waals surface area contributed by atoms with Gasteiger partial charge in [-0.1, -0.05) is 32.6 Å². The summed E-state index contributed by atoms with van der Waals surface area (Å²) >= 11 is 0. The van der Waals surface area contributed by atoms with E-state index in [-0.39, 0.29) is 0 Å². The molecule has 1 heterocycles. The van der Waals surface area contributed by atoms with Crippen LogP contribution in [0.5, 0.6) is 0 Å². The summed E-state index contributed by atoms with van der Waals surface area (Å²) in [4.78, 5) is 2.72. The Kier molecular flexibility index (Phi) is 5.97. The van der Waals surface area contributed by atoms with Gasteiger partial charge >= 0.3 is 0 Å². The number of hydrogen-bond donors (Lipinski definition) is 1. The van der Waals surface area contributed by atoms with E-state index in [1.165, 1.54) is 71.0 Å². The monoisotopic (exact) mass is 252 g/mol. The Labute approximate surface area is 114 Å². The maximum absolute atomic E-state index is 3.75. The largest absolute Gasteiger partial charge is 0.314 e. The number of nitrogens with one attached hydrogen (secondary N) is 1. The smallest absolute Gasteiger partial charge is 0.00965 e. The standard InChI is InChI=1S/C16H32N2/c1-3-4-5-6-7-14(2)17-12-15-10-11-18(13-15)16-8-9-16/h14-17H,3-13H2,1-2H3. The fourth-order valence-corrected chi connectivity index (χ4v) is 3.15. The quantitative estimate of drug-likeness (QED) is 0.633. The highest BCUT2D eigenvalue weighted by atomic mass is 15.2. The number of likely N-dealkylation sites (tertiary alicyclic amines) is 1. The molecule has 2 atom stereocenters. The Bertz CT molecular complexity index is 225. The van der Waals surface area contributed by atoms with E-state index in [0.717, 1.165) is 18.0 Å². The molecule has 1 aliphatic heterocycles. The highest BCUT2D eigenvalue weighted by Crippen LogP contribution is 2.31. The van der Waals surface area contributed by atoms with Crippen LogP contribution in [0.2, 0.25) is 0 Å². The molecule has 2 unspecified atom stereocenters. The molecule has 1 saturated heterocycles. The van der Waals surface area contributed by atoms with Gasteiger partial charge in [-0.2, -0.15) is 0 Å². The van der Waals surface area contributed by atoms with E-state index in [4.69, 9.17) is 0 Å². The zero-order chi connectivity index (χ0) is 12.8. The summed E-state index contributed by atoms with van der Waals surface area (Å²) in [5.41, 5.74) is 0. The average Bonchev–Trinajstić information content (AvgIpc) is 3.12. The highest BCUT2D eigenvalue weighted by molar-refractivity contribution is 4.90. The van der Waals surface area contributed by atoms with Crippen molar-refractivity contribution < 1.29 is 0 Å². The summed E-state index contributed by atoms with van der Waals surface area (Å²) in [6.07, 6.45) is 11.3. The topological polar surface area (TPSA) is 15.3 Å². The molecule has 2 rings (SSSR count). The first kappa shape index (κ1) is 14.3. The lowest BCUT2D eigenvalue weighted by Gasteiger charge is -2.18. The molecule has 1 aliphatic carbocycles. The summed E-state index contributed by atoms with van der Waals surface area (Å²) in [6, 6.07) is 1.69. The lowest BCUT2D eigenvalue weighted by molar-refractivity contribution is 0.309. The van der Waals surface area contributed by atoms with Crippen LogP contribution in [-0.4, -0.2) is 36.6 Å². The molecule has 2 fully saturated rings. The Morgan fingerprint density at radius 3 is 2.72 bits per heavy atom. The van der Waals surface area contributed by atoms with Crippen molar-refractivity contribution in [2.24, 2.45) is 5.92 Å². The van der Waals surface area contributed by atoms with E-state index in [2.05, 4.69) is 24.1 Å². The lowest BCUT2D eigenvalue weighted by Crippen LogP contribution is -2.32. The second-order valence-electron chi connectivity index (χ2n) is 6.54. The third-order valence-electron chi connectivity index (χ3n) is 4.63. The molecule has 2 heteroatoms. The molecule has 106 valence electrons. The van der Waals surface area contributed by atoms with E-state index < -0.39 is 0 Å². The van der Waals surface area contributed by atoms with Gasteiger partial charge in [-0.05, 0) is 51.6 Å². The molecule has 0 aromatic heterocycles. The number of hydrogen-bond acceptors (Lipinski definition) is 2. The fraction of sp³-hybridized carbons (Fsp3) is 1.00. The van der Waals surface area contributed by atoms with Crippen LogP contribution in [0.3, 0.4) is 0 Å². The zero-order valence-electron chi connectivity index (χ0n) is 12.5. The Balaban J connectivity index is 1.49. The molecule has 0 aromatic carbocycles. The highest BCUT2D eigenvalue weighted by Gasteiger charge is 2.34. The molecule has 18 heavy (non-hydrogen) atoms. The van der Waals surface area contributed by atoms with Crippen LogP contribution in [0.25, 0.3) is 0 Å². The van der Waals surface area contributed by atoms with Crippen LogP contribution in [0.15, 0.2) is 0 Å². The van der Waals surface area contributed by atoms with E-state index in [1.54, 1.807) is 0 Å². The van der Waals surface area contributed by atoms with Gasteiger partial charge in [0.15, 0.2) is 0 Å². The molecule has 0 aromatic rings. The maximum atomic E-state index is 3.75. The minimum absolute atomic E-state index is 0.719. The van der Waals surface area contributed by atoms with Crippen LogP contribution in [-0.2, 0) is 0 Å². The summed E-state index contributed by atoms with van der Waals surface area (Å²) in [5.74, 6) is 0.920. The molecule has 0 spiro atoms. The molecule has 1 N–H and O–H groups in total.